The van der Waals surface area contributed by atoms with Crippen LogP contribution >= 0.6 is 69.6 Å². The molecule has 3 saturated carbocycles. The van der Waals surface area contributed by atoms with Gasteiger partial charge in [0.2, 0.25) is 35.6 Å². The van der Waals surface area contributed by atoms with Gasteiger partial charge in [-0.2, -0.15) is 15.0 Å². The van der Waals surface area contributed by atoms with Crippen molar-refractivity contribution in [1.29, 1.82) is 0 Å². The summed E-state index contributed by atoms with van der Waals surface area (Å²) in [4.78, 5) is 110. The van der Waals surface area contributed by atoms with Crippen LogP contribution in [0.3, 0.4) is 0 Å². The van der Waals surface area contributed by atoms with Crippen LogP contribution in [-0.2, 0) is 34.0 Å². The molecule has 6 N–H and O–H groups in total. The third-order valence-corrected chi connectivity index (χ3v) is 22.0. The number of halogens is 11. The first-order chi connectivity index (χ1) is 55.7. The molecule has 30 nitrogen and oxygen atoms in total. The summed E-state index contributed by atoms with van der Waals surface area (Å²) in [6.07, 6.45) is 12.7. The third-order valence-electron chi connectivity index (χ3n) is 19.9. The number of alkyl halides is 5. The van der Waals surface area contributed by atoms with Crippen molar-refractivity contribution in [2.75, 3.05) is 114 Å². The van der Waals surface area contributed by atoms with Gasteiger partial charge in [-0.05, 0) is 56.8 Å². The largest absolute Gasteiger partial charge is 0.495 e. The molecular formula is C75H85Cl6F5N18O12. The number of hydrogen-bond acceptors (Lipinski definition) is 21. The Labute approximate surface area is 695 Å². The van der Waals surface area contributed by atoms with E-state index in [1.807, 2.05) is 0 Å². The SMILES string of the molecule is C=CC(=O)NC1CCCCC1Nc1ncc2c(n1)N(CC(F)F)C(=O)N(c1c(Cl)c(OC)cc(OC)c1Cl)C2.C=CC(=O)NC1CCCCC1Nc1ncc2c(n1)N(CC(F)F)C(=O)N(c1c(Cl)c(OC)cc(OC)c1Cl)C2.C=CC(=O)NC1CCCCC1Nc1ncc2c(n1)N(CCF)C(=O)N(c1c(Cl)c(OC)cc(OC)c1Cl)C2. The van der Waals surface area contributed by atoms with Gasteiger partial charge in [0.15, 0.2) is 0 Å². The van der Waals surface area contributed by atoms with Crippen LogP contribution in [0.2, 0.25) is 30.1 Å². The number of ether oxygens (including phenoxy) is 6. The third kappa shape index (κ3) is 20.0. The molecule has 41 heteroatoms. The van der Waals surface area contributed by atoms with Gasteiger partial charge in [0.05, 0.1) is 99.0 Å². The number of fused-ring (bicyclic) bond motifs is 3. The van der Waals surface area contributed by atoms with Crippen molar-refractivity contribution >= 4 is 158 Å². The summed E-state index contributed by atoms with van der Waals surface area (Å²) in [7, 11) is 8.41. The summed E-state index contributed by atoms with van der Waals surface area (Å²) in [5.74, 6) is 1.39. The van der Waals surface area contributed by atoms with E-state index in [1.54, 1.807) is 6.20 Å². The van der Waals surface area contributed by atoms with E-state index in [1.165, 1.54) is 111 Å². The summed E-state index contributed by atoms with van der Waals surface area (Å²) in [5.41, 5.74) is 1.64. The van der Waals surface area contributed by atoms with Crippen molar-refractivity contribution in [3.63, 3.8) is 0 Å². The molecule has 6 aliphatic rings. The van der Waals surface area contributed by atoms with Crippen molar-refractivity contribution in [2.45, 2.75) is 146 Å². The highest BCUT2D eigenvalue weighted by Gasteiger charge is 2.43. The Morgan fingerprint density at radius 2 is 0.672 bits per heavy atom. The predicted molar refractivity (Wildman–Crippen MR) is 434 cm³/mol. The van der Waals surface area contributed by atoms with E-state index in [0.717, 1.165) is 86.8 Å². The maximum Gasteiger partial charge on any atom is 0.330 e. The van der Waals surface area contributed by atoms with Crippen molar-refractivity contribution < 1.29 is 79.1 Å². The van der Waals surface area contributed by atoms with Gasteiger partial charge in [0.25, 0.3) is 12.9 Å². The van der Waals surface area contributed by atoms with Crippen molar-refractivity contribution in [2.24, 2.45) is 0 Å². The van der Waals surface area contributed by atoms with Gasteiger partial charge in [-0.15, -0.1) is 0 Å². The van der Waals surface area contributed by atoms with E-state index in [4.69, 9.17) is 98.0 Å². The van der Waals surface area contributed by atoms with Gasteiger partial charge in [0, 0.05) is 89.7 Å². The first kappa shape index (κ1) is 88.3. The average molecular weight is 1740 g/mol. The highest BCUT2D eigenvalue weighted by atomic mass is 35.5. The number of amides is 9. The molecule has 3 aliphatic carbocycles. The number of methoxy groups -OCH3 is 6. The molecule has 12 rings (SSSR count). The van der Waals surface area contributed by atoms with Crippen LogP contribution in [0.4, 0.5) is 88.7 Å². The highest BCUT2D eigenvalue weighted by molar-refractivity contribution is 6.44. The number of anilines is 9. The average Bonchev–Trinajstić information content (AvgIpc) is 0.760. The zero-order chi connectivity index (χ0) is 83.9. The quantitative estimate of drug-likeness (QED) is 0.0206. The summed E-state index contributed by atoms with van der Waals surface area (Å²) < 4.78 is 100. The molecular weight excluding hydrogens is 1650 g/mol. The summed E-state index contributed by atoms with van der Waals surface area (Å²) in [5, 5.41) is 18.7. The molecule has 0 radical (unpaired) electrons. The monoisotopic (exact) mass is 1730 g/mol. The number of rotatable bonds is 27. The molecule has 6 unspecified atom stereocenters. The lowest BCUT2D eigenvalue weighted by molar-refractivity contribution is -0.118. The lowest BCUT2D eigenvalue weighted by Gasteiger charge is -2.37. The van der Waals surface area contributed by atoms with E-state index < -0.39 is 50.7 Å². The molecule has 6 heterocycles. The van der Waals surface area contributed by atoms with Gasteiger partial charge in [-0.1, -0.05) is 128 Å². The lowest BCUT2D eigenvalue weighted by atomic mass is 9.90. The second-order valence-electron chi connectivity index (χ2n) is 26.9. The molecule has 3 aromatic carbocycles. The van der Waals surface area contributed by atoms with Crippen molar-refractivity contribution in [3.8, 4) is 34.5 Å². The van der Waals surface area contributed by atoms with Gasteiger partial charge in [-0.25, -0.2) is 51.3 Å². The van der Waals surface area contributed by atoms with Gasteiger partial charge < -0.3 is 60.3 Å². The molecule has 116 heavy (non-hydrogen) atoms. The molecule has 3 aliphatic heterocycles. The normalized spacial score (nSPS) is 19.0. The van der Waals surface area contributed by atoms with Gasteiger partial charge in [0.1, 0.15) is 88.8 Å². The van der Waals surface area contributed by atoms with Crippen LogP contribution in [0.1, 0.15) is 93.7 Å². The van der Waals surface area contributed by atoms with Gasteiger partial charge >= 0.3 is 18.1 Å². The van der Waals surface area contributed by atoms with Gasteiger partial charge in [-0.3, -0.25) is 43.8 Å². The number of nitrogens with one attached hydrogen (secondary N) is 6. The van der Waals surface area contributed by atoms with Crippen LogP contribution < -0.4 is 89.7 Å². The first-order valence-corrected chi connectivity index (χ1v) is 38.8. The molecule has 624 valence electrons. The number of carbonyl (C=O) groups excluding carboxylic acids is 6. The number of carbonyl (C=O) groups is 6. The number of hydrogen-bond donors (Lipinski definition) is 6. The molecule has 0 bridgehead atoms. The van der Waals surface area contributed by atoms with E-state index >= 15 is 0 Å². The zero-order valence-corrected chi connectivity index (χ0v) is 68.3. The van der Waals surface area contributed by atoms with Crippen molar-refractivity contribution in [3.05, 3.63) is 122 Å². The van der Waals surface area contributed by atoms with Crippen LogP contribution in [0.25, 0.3) is 0 Å². The highest BCUT2D eigenvalue weighted by Crippen LogP contribution is 2.52. The molecule has 0 saturated heterocycles. The molecule has 9 amide bonds. The zero-order valence-electron chi connectivity index (χ0n) is 63.8. The van der Waals surface area contributed by atoms with Crippen LogP contribution in [0.15, 0.2) is 74.8 Å². The Balaban J connectivity index is 0.000000184. The molecule has 3 fully saturated rings. The number of urea groups is 3. The molecule has 3 aromatic heterocycles. The minimum absolute atomic E-state index is 0.0150. The van der Waals surface area contributed by atoms with Crippen LogP contribution in [0.5, 0.6) is 34.5 Å². The van der Waals surface area contributed by atoms with E-state index in [2.05, 4.69) is 81.5 Å². The minimum Gasteiger partial charge on any atom is -0.495 e. The summed E-state index contributed by atoms with van der Waals surface area (Å²) in [6.45, 7) is 7.47. The minimum atomic E-state index is -2.85. The predicted octanol–water partition coefficient (Wildman–Crippen LogP) is 14.8. The summed E-state index contributed by atoms with van der Waals surface area (Å²) >= 11 is 39.2. The number of nitrogens with zero attached hydrogens (tertiary/aromatic N) is 12. The van der Waals surface area contributed by atoms with E-state index in [0.29, 0.717) is 16.7 Å². The Hall–Kier alpha value is -10.1. The van der Waals surface area contributed by atoms with Crippen LogP contribution in [-0.4, -0.2) is 184 Å². The second kappa shape index (κ2) is 40.2. The molecule has 6 atom stereocenters. The fourth-order valence-corrected chi connectivity index (χ4v) is 16.4. The topological polar surface area (TPSA) is 327 Å². The standard InChI is InChI=1S/2C25H28Cl2F2N6O4.C25H29Cl2FN6O4/c2*1-4-19(36)31-14-7-5-6-8-15(14)32-24-30-10-13-11-34(25(37)35(12-18(28)29)23(13)33-24)22-20(26)16(38-2)9-17(39-3)21(22)27;1-4-19(35)30-15-7-5-6-8-16(15)31-24-29-12-14-13-34(25(36)33(10-9-28)23(14)32-24)22-20(26)17(37-2)11-18(38-3)21(22)27/h2*4,9-10,14-15,18H,1,5-8,11-12H2,2-3H3,(H,31,36)(H,30,32,33);4,11-12,15-16H,1,5-10,13H2,2-3H3,(H,30,35)(H,29,31,32). The van der Waals surface area contributed by atoms with Crippen LogP contribution in [0, 0.1) is 0 Å². The number of aromatic nitrogens is 6. The maximum atomic E-state index is 13.7. The molecule has 6 aromatic rings. The van der Waals surface area contributed by atoms with E-state index in [-0.39, 0.29) is 197 Å². The Morgan fingerprint density at radius 3 is 0.905 bits per heavy atom. The maximum absolute atomic E-state index is 13.7. The Kier molecular flexibility index (Phi) is 30.6. The smallest absolute Gasteiger partial charge is 0.330 e. The number of benzene rings is 3. The van der Waals surface area contributed by atoms with Crippen molar-refractivity contribution in [1.82, 2.24) is 45.9 Å². The Bertz CT molecular complexity index is 4390. The Morgan fingerprint density at radius 1 is 0.431 bits per heavy atom. The lowest BCUT2D eigenvalue weighted by Crippen LogP contribution is -2.50. The fourth-order valence-electron chi connectivity index (χ4n) is 14.3. The first-order valence-electron chi connectivity index (χ1n) is 36.5. The second-order valence-corrected chi connectivity index (χ2v) is 29.2. The van der Waals surface area contributed by atoms with E-state index in [9.17, 15) is 50.7 Å². The summed E-state index contributed by atoms with van der Waals surface area (Å²) in [6, 6.07) is 1.27. The molecule has 0 spiro atoms. The fraction of sp³-hybridized carbons (Fsp3) is 0.440.